The average molecular weight is 469 g/mol. The maximum Gasteiger partial charge on any atom is 0.119 e. The number of aliphatic hydroxyl groups is 1. The highest BCUT2D eigenvalue weighted by Crippen LogP contribution is 2.48. The van der Waals surface area contributed by atoms with Crippen LogP contribution in [0.4, 0.5) is 0 Å². The molecule has 0 unspecified atom stereocenters. The second-order valence-electron chi connectivity index (χ2n) is 9.18. The molecule has 7 aromatic rings. The highest BCUT2D eigenvalue weighted by atomic mass is 16.5. The highest BCUT2D eigenvalue weighted by molar-refractivity contribution is 6.32. The van der Waals surface area contributed by atoms with Crippen molar-refractivity contribution in [2.45, 2.75) is 6.61 Å². The molecule has 0 aliphatic rings. The summed E-state index contributed by atoms with van der Waals surface area (Å²) in [5.41, 5.74) is 9.65. The molecule has 4 heteroatoms. The maximum absolute atomic E-state index is 9.95. The van der Waals surface area contributed by atoms with Crippen molar-refractivity contribution in [3.05, 3.63) is 103 Å². The van der Waals surface area contributed by atoms with Crippen LogP contribution in [0, 0.1) is 0 Å². The minimum atomic E-state index is -0.00596. The molecule has 0 spiro atoms. The van der Waals surface area contributed by atoms with Crippen molar-refractivity contribution >= 4 is 43.6 Å². The van der Waals surface area contributed by atoms with Crippen molar-refractivity contribution in [1.82, 2.24) is 9.97 Å². The first kappa shape index (κ1) is 20.8. The van der Waals surface area contributed by atoms with Crippen LogP contribution in [0.2, 0.25) is 0 Å². The molecule has 2 aromatic heterocycles. The number of para-hydroxylation sites is 2. The first-order chi connectivity index (χ1) is 17.8. The lowest BCUT2D eigenvalue weighted by Crippen LogP contribution is -1.92. The summed E-state index contributed by atoms with van der Waals surface area (Å²) in [5, 5.41) is 14.7. The molecule has 0 atom stereocenters. The normalized spacial score (nSPS) is 11.7. The lowest BCUT2D eigenvalue weighted by Gasteiger charge is -2.16. The van der Waals surface area contributed by atoms with Crippen molar-refractivity contribution in [3.8, 4) is 28.0 Å². The standard InChI is InChI=1S/C32H24N2O2/c1-36-22-11-7-10-21(17-22)28-27(20-9-6-8-19(16-20)18-35)29-23-12-2-4-14-25(23)34-32(29)30-24-13-3-5-15-26(24)33-31(28)30/h2-17,33-35H,18H2,1H3. The monoisotopic (exact) mass is 468 g/mol. The number of aromatic amines is 2. The van der Waals surface area contributed by atoms with Crippen LogP contribution in [0.25, 0.3) is 65.9 Å². The number of methoxy groups -OCH3 is 1. The molecule has 0 fully saturated rings. The Bertz CT molecular complexity index is 1930. The zero-order valence-corrected chi connectivity index (χ0v) is 19.8. The lowest BCUT2D eigenvalue weighted by atomic mass is 9.87. The molecule has 7 rings (SSSR count). The number of nitrogens with one attached hydrogen (secondary N) is 2. The van der Waals surface area contributed by atoms with Gasteiger partial charge in [0.1, 0.15) is 5.75 Å². The molecule has 0 bridgehead atoms. The van der Waals surface area contributed by atoms with E-state index in [-0.39, 0.29) is 6.61 Å². The van der Waals surface area contributed by atoms with Crippen molar-refractivity contribution in [2.24, 2.45) is 0 Å². The average Bonchev–Trinajstić information content (AvgIpc) is 3.51. The largest absolute Gasteiger partial charge is 0.497 e. The summed E-state index contributed by atoms with van der Waals surface area (Å²) in [6.07, 6.45) is 0. The van der Waals surface area contributed by atoms with Gasteiger partial charge in [0.15, 0.2) is 0 Å². The Kier molecular flexibility index (Phi) is 4.63. The van der Waals surface area contributed by atoms with Gasteiger partial charge in [-0.3, -0.25) is 0 Å². The van der Waals surface area contributed by atoms with Crippen molar-refractivity contribution < 1.29 is 9.84 Å². The third-order valence-corrected chi connectivity index (χ3v) is 7.17. The van der Waals surface area contributed by atoms with Crippen LogP contribution < -0.4 is 4.74 Å². The Labute approximate surface area is 207 Å². The van der Waals surface area contributed by atoms with Crippen LogP contribution in [0.15, 0.2) is 97.1 Å². The Morgan fingerprint density at radius 2 is 1.28 bits per heavy atom. The smallest absolute Gasteiger partial charge is 0.119 e. The van der Waals surface area contributed by atoms with Gasteiger partial charge in [-0.05, 0) is 47.0 Å². The summed E-state index contributed by atoms with van der Waals surface area (Å²) >= 11 is 0. The molecule has 0 amide bonds. The number of aliphatic hydroxyl groups excluding tert-OH is 1. The summed E-state index contributed by atoms with van der Waals surface area (Å²) in [7, 11) is 1.70. The number of H-pyrrole nitrogens is 2. The van der Waals surface area contributed by atoms with Gasteiger partial charge in [0.2, 0.25) is 0 Å². The molecule has 4 nitrogen and oxygen atoms in total. The fourth-order valence-corrected chi connectivity index (χ4v) is 5.61. The minimum absolute atomic E-state index is 0.00596. The van der Waals surface area contributed by atoms with Crippen LogP contribution in [0.1, 0.15) is 5.56 Å². The zero-order valence-electron chi connectivity index (χ0n) is 19.8. The van der Waals surface area contributed by atoms with E-state index in [0.29, 0.717) is 0 Å². The second kappa shape index (κ2) is 8.01. The van der Waals surface area contributed by atoms with Gasteiger partial charge < -0.3 is 19.8 Å². The van der Waals surface area contributed by atoms with Gasteiger partial charge in [-0.25, -0.2) is 0 Å². The predicted octanol–water partition coefficient (Wildman–Crippen LogP) is 7.79. The van der Waals surface area contributed by atoms with Gasteiger partial charge in [-0.2, -0.15) is 0 Å². The van der Waals surface area contributed by atoms with Crippen LogP contribution in [-0.2, 0) is 6.61 Å². The summed E-state index contributed by atoms with van der Waals surface area (Å²) in [6, 6.07) is 33.4. The number of hydrogen-bond donors (Lipinski definition) is 3. The van der Waals surface area contributed by atoms with Gasteiger partial charge in [-0.15, -0.1) is 0 Å². The topological polar surface area (TPSA) is 61.0 Å². The number of rotatable bonds is 4. The van der Waals surface area contributed by atoms with E-state index < -0.39 is 0 Å². The molecule has 5 aromatic carbocycles. The maximum atomic E-state index is 9.95. The van der Waals surface area contributed by atoms with E-state index in [1.54, 1.807) is 7.11 Å². The molecule has 0 saturated heterocycles. The molecule has 36 heavy (non-hydrogen) atoms. The molecule has 174 valence electrons. The van der Waals surface area contributed by atoms with Crippen LogP contribution in [0.3, 0.4) is 0 Å². The number of fused-ring (bicyclic) bond motifs is 7. The third kappa shape index (κ3) is 2.98. The molecule has 0 radical (unpaired) electrons. The van der Waals surface area contributed by atoms with E-state index in [2.05, 4.69) is 82.8 Å². The number of hydrogen-bond acceptors (Lipinski definition) is 2. The molecule has 0 saturated carbocycles. The van der Waals surface area contributed by atoms with Crippen molar-refractivity contribution in [1.29, 1.82) is 0 Å². The third-order valence-electron chi connectivity index (χ3n) is 7.17. The lowest BCUT2D eigenvalue weighted by molar-refractivity contribution is 0.282. The van der Waals surface area contributed by atoms with E-state index in [0.717, 1.165) is 55.6 Å². The zero-order chi connectivity index (χ0) is 24.2. The van der Waals surface area contributed by atoms with E-state index >= 15 is 0 Å². The molecule has 0 aliphatic carbocycles. The first-order valence-corrected chi connectivity index (χ1v) is 12.1. The molecular weight excluding hydrogens is 444 g/mol. The molecule has 0 aliphatic heterocycles. The Morgan fingerprint density at radius 1 is 0.639 bits per heavy atom. The first-order valence-electron chi connectivity index (χ1n) is 12.1. The van der Waals surface area contributed by atoms with Gasteiger partial charge in [0.05, 0.1) is 24.8 Å². The van der Waals surface area contributed by atoms with Crippen LogP contribution in [0.5, 0.6) is 5.75 Å². The predicted molar refractivity (Wildman–Crippen MR) is 149 cm³/mol. The summed E-state index contributed by atoms with van der Waals surface area (Å²) in [5.74, 6) is 0.811. The van der Waals surface area contributed by atoms with E-state index in [4.69, 9.17) is 4.74 Å². The molecule has 2 heterocycles. The fraction of sp³-hybridized carbons (Fsp3) is 0.0625. The Morgan fingerprint density at radius 3 is 2.00 bits per heavy atom. The minimum Gasteiger partial charge on any atom is -0.497 e. The quantitative estimate of drug-likeness (QED) is 0.247. The van der Waals surface area contributed by atoms with Gasteiger partial charge in [0.25, 0.3) is 0 Å². The van der Waals surface area contributed by atoms with Gasteiger partial charge in [-0.1, -0.05) is 66.7 Å². The summed E-state index contributed by atoms with van der Waals surface area (Å²) in [6.45, 7) is -0.00596. The number of ether oxygens (including phenoxy) is 1. The summed E-state index contributed by atoms with van der Waals surface area (Å²) in [4.78, 5) is 7.49. The Hall–Kier alpha value is -4.54. The van der Waals surface area contributed by atoms with Crippen molar-refractivity contribution in [3.63, 3.8) is 0 Å². The van der Waals surface area contributed by atoms with E-state index in [1.165, 1.54) is 21.5 Å². The second-order valence-corrected chi connectivity index (χ2v) is 9.18. The molecule has 3 N–H and O–H groups in total. The SMILES string of the molecule is COc1cccc(-c2c(-c3cccc(CO)c3)c3c4ccccc4[nH]c3c3c2[nH]c2ccccc23)c1. The highest BCUT2D eigenvalue weighted by Gasteiger charge is 2.23. The fourth-order valence-electron chi connectivity index (χ4n) is 5.61. The number of benzene rings is 5. The Balaban J connectivity index is 1.79. The van der Waals surface area contributed by atoms with E-state index in [1.807, 2.05) is 24.3 Å². The molecular formula is C32H24N2O2. The van der Waals surface area contributed by atoms with Crippen LogP contribution >= 0.6 is 0 Å². The number of aromatic nitrogens is 2. The van der Waals surface area contributed by atoms with Crippen LogP contribution in [-0.4, -0.2) is 22.2 Å². The van der Waals surface area contributed by atoms with E-state index in [9.17, 15) is 5.11 Å². The van der Waals surface area contributed by atoms with Gasteiger partial charge >= 0.3 is 0 Å². The summed E-state index contributed by atoms with van der Waals surface area (Å²) < 4.78 is 5.62. The van der Waals surface area contributed by atoms with Gasteiger partial charge in [0, 0.05) is 43.7 Å². The van der Waals surface area contributed by atoms with Crippen molar-refractivity contribution in [2.75, 3.05) is 7.11 Å².